The number of nitrogens with one attached hydrogen (secondary N) is 2. The number of benzene rings is 4. The van der Waals surface area contributed by atoms with Crippen molar-refractivity contribution in [1.29, 1.82) is 0 Å². The smallest absolute Gasteiger partial charge is 0.118 e. The van der Waals surface area contributed by atoms with E-state index in [1.54, 1.807) is 7.11 Å². The molecule has 4 aromatic carbocycles. The van der Waals surface area contributed by atoms with Crippen molar-refractivity contribution in [2.45, 2.75) is 72.8 Å². The Balaban J connectivity index is 0.000000218. The van der Waals surface area contributed by atoms with Gasteiger partial charge in [0.2, 0.25) is 0 Å². The molecular weight excluding hydrogens is 724 g/mol. The number of aromatic nitrogens is 2. The summed E-state index contributed by atoms with van der Waals surface area (Å²) in [5.41, 5.74) is 8.98. The minimum Gasteiger partial charge on any atom is -0.497 e. The van der Waals surface area contributed by atoms with E-state index < -0.39 is 0 Å². The van der Waals surface area contributed by atoms with E-state index in [9.17, 15) is 0 Å². The number of aryl methyl sites for hydroxylation is 1. The Bertz CT molecular complexity index is 2100. The van der Waals surface area contributed by atoms with E-state index in [1.807, 2.05) is 48.7 Å². The molecule has 8 heteroatoms. The summed E-state index contributed by atoms with van der Waals surface area (Å²) in [6.45, 7) is 20.9. The first-order valence-electron chi connectivity index (χ1n) is 20.8. The second-order valence-electron chi connectivity index (χ2n) is 14.8. The van der Waals surface area contributed by atoms with Crippen molar-refractivity contribution in [1.82, 2.24) is 19.8 Å². The van der Waals surface area contributed by atoms with Gasteiger partial charge in [0, 0.05) is 57.4 Å². The molecule has 7 nitrogen and oxygen atoms in total. The Labute approximate surface area is 346 Å². The average molecular weight is 788 g/mol. The summed E-state index contributed by atoms with van der Waals surface area (Å²) < 4.78 is 5.33. The molecule has 6 aromatic rings. The summed E-state index contributed by atoms with van der Waals surface area (Å²) in [6.07, 6.45) is 5.30. The zero-order valence-corrected chi connectivity index (χ0v) is 35.9. The number of hydrogen-bond donors (Lipinski definition) is 2. The molecule has 0 saturated heterocycles. The van der Waals surface area contributed by atoms with Gasteiger partial charge in [-0.2, -0.15) is 0 Å². The SMILES string of the molecule is CCN(CC)CCC(CNc1ccnc2cc(Cl)ccc12)c1ccc(OC)cc1.CCN(CC)CCCC(C)Nc1cc(-c2ccccc2)nc2cc(C)ccc12. The summed E-state index contributed by atoms with van der Waals surface area (Å²) >= 11 is 6.13. The van der Waals surface area contributed by atoms with Gasteiger partial charge >= 0.3 is 0 Å². The lowest BCUT2D eigenvalue weighted by molar-refractivity contribution is 0.291. The minimum absolute atomic E-state index is 0.400. The zero-order chi connectivity index (χ0) is 40.6. The lowest BCUT2D eigenvalue weighted by Crippen LogP contribution is -2.26. The molecule has 0 saturated carbocycles. The van der Waals surface area contributed by atoms with Gasteiger partial charge in [0.05, 0.1) is 23.8 Å². The molecule has 302 valence electrons. The van der Waals surface area contributed by atoms with Gasteiger partial charge in [-0.05, 0) is 132 Å². The molecule has 0 aliphatic rings. The molecule has 0 amide bonds. The number of halogens is 1. The van der Waals surface area contributed by atoms with Crippen LogP contribution >= 0.6 is 11.6 Å². The van der Waals surface area contributed by atoms with Crippen molar-refractivity contribution in [3.8, 4) is 17.0 Å². The quantitative estimate of drug-likeness (QED) is 0.0847. The average Bonchev–Trinajstić information content (AvgIpc) is 3.24. The van der Waals surface area contributed by atoms with Gasteiger partial charge < -0.3 is 25.2 Å². The summed E-state index contributed by atoms with van der Waals surface area (Å²) in [4.78, 5) is 14.3. The molecule has 0 radical (unpaired) electrons. The highest BCUT2D eigenvalue weighted by Crippen LogP contribution is 2.31. The second kappa shape index (κ2) is 22.3. The van der Waals surface area contributed by atoms with E-state index in [0.29, 0.717) is 17.0 Å². The van der Waals surface area contributed by atoms with Crippen LogP contribution in [0.3, 0.4) is 0 Å². The van der Waals surface area contributed by atoms with Crippen molar-refractivity contribution >= 4 is 44.8 Å². The zero-order valence-electron chi connectivity index (χ0n) is 35.2. The van der Waals surface area contributed by atoms with E-state index in [0.717, 1.165) is 91.2 Å². The molecule has 2 atom stereocenters. The fourth-order valence-electron chi connectivity index (χ4n) is 7.36. The van der Waals surface area contributed by atoms with Crippen LogP contribution in [-0.4, -0.2) is 78.7 Å². The largest absolute Gasteiger partial charge is 0.497 e. The van der Waals surface area contributed by atoms with Gasteiger partial charge in [-0.25, -0.2) is 4.98 Å². The monoisotopic (exact) mass is 786 g/mol. The number of pyridine rings is 2. The predicted octanol–water partition coefficient (Wildman–Crippen LogP) is 12.0. The first-order valence-corrected chi connectivity index (χ1v) is 21.2. The van der Waals surface area contributed by atoms with E-state index in [4.69, 9.17) is 21.3 Å². The lowest BCUT2D eigenvalue weighted by Gasteiger charge is -2.24. The number of rotatable bonds is 19. The molecule has 2 unspecified atom stereocenters. The van der Waals surface area contributed by atoms with Crippen LogP contribution in [0, 0.1) is 6.92 Å². The number of hydrogen-bond acceptors (Lipinski definition) is 7. The number of nitrogens with zero attached hydrogens (tertiary/aromatic N) is 4. The van der Waals surface area contributed by atoms with Crippen LogP contribution in [0.25, 0.3) is 33.1 Å². The third kappa shape index (κ3) is 12.6. The van der Waals surface area contributed by atoms with E-state index in [1.165, 1.54) is 35.2 Å². The van der Waals surface area contributed by atoms with E-state index in [2.05, 4.69) is 128 Å². The van der Waals surface area contributed by atoms with Crippen molar-refractivity contribution in [3.05, 3.63) is 125 Å². The minimum atomic E-state index is 0.400. The second-order valence-corrected chi connectivity index (χ2v) is 15.3. The van der Waals surface area contributed by atoms with Crippen LogP contribution in [0.2, 0.25) is 5.02 Å². The van der Waals surface area contributed by atoms with Crippen LogP contribution in [0.5, 0.6) is 5.75 Å². The van der Waals surface area contributed by atoms with Crippen LogP contribution in [-0.2, 0) is 0 Å². The van der Waals surface area contributed by atoms with Crippen LogP contribution in [0.1, 0.15) is 70.9 Å². The van der Waals surface area contributed by atoms with E-state index in [-0.39, 0.29) is 0 Å². The molecule has 0 aliphatic heterocycles. The maximum absolute atomic E-state index is 6.13. The first-order chi connectivity index (χ1) is 27.7. The molecule has 57 heavy (non-hydrogen) atoms. The Morgan fingerprint density at radius 3 is 2.11 bits per heavy atom. The maximum Gasteiger partial charge on any atom is 0.118 e. The van der Waals surface area contributed by atoms with Crippen molar-refractivity contribution in [2.75, 3.05) is 63.6 Å². The highest BCUT2D eigenvalue weighted by Gasteiger charge is 2.15. The fourth-order valence-corrected chi connectivity index (χ4v) is 7.53. The maximum atomic E-state index is 6.13. The molecule has 0 aliphatic carbocycles. The summed E-state index contributed by atoms with van der Waals surface area (Å²) in [5.74, 6) is 1.29. The first kappa shape index (κ1) is 43.4. The molecule has 0 spiro atoms. The standard InChI is InChI=1S/C25H33N3.C24H30ClN3O/c1-5-28(6-2)16-10-11-20(4)26-25-18-23(21-12-8-7-9-13-21)27-24-17-19(3)14-15-22(24)25;1-4-28(5-2)15-13-19(18-6-9-21(29-3)10-7-18)17-27-23-12-14-26-24-16-20(25)8-11-22(23)24/h7-9,12-15,17-18,20H,5-6,10-11,16H2,1-4H3,(H,26,27);6-12,14,16,19H,4-5,13,15,17H2,1-3H3,(H,26,27). The molecular formula is C49H63ClN6O. The van der Waals surface area contributed by atoms with Gasteiger partial charge in [0.1, 0.15) is 5.75 Å². The summed E-state index contributed by atoms with van der Waals surface area (Å²) in [5, 5.41) is 10.4. The van der Waals surface area contributed by atoms with Gasteiger partial charge in [-0.1, -0.05) is 93.9 Å². The highest BCUT2D eigenvalue weighted by molar-refractivity contribution is 6.31. The molecule has 2 aromatic heterocycles. The Morgan fingerprint density at radius 2 is 1.40 bits per heavy atom. The topological polar surface area (TPSA) is 65.6 Å². The number of methoxy groups -OCH3 is 1. The van der Waals surface area contributed by atoms with Crippen LogP contribution in [0.4, 0.5) is 11.4 Å². The van der Waals surface area contributed by atoms with Gasteiger partial charge in [-0.3, -0.25) is 4.98 Å². The van der Waals surface area contributed by atoms with Crippen molar-refractivity contribution in [3.63, 3.8) is 0 Å². The van der Waals surface area contributed by atoms with Gasteiger partial charge in [0.15, 0.2) is 0 Å². The lowest BCUT2D eigenvalue weighted by atomic mass is 9.95. The summed E-state index contributed by atoms with van der Waals surface area (Å²) in [7, 11) is 1.70. The Morgan fingerprint density at radius 1 is 0.719 bits per heavy atom. The Kier molecular flexibility index (Phi) is 17.0. The number of anilines is 2. The molecule has 0 bridgehead atoms. The Hall–Kier alpha value is -4.69. The normalized spacial score (nSPS) is 12.4. The molecule has 2 N–H and O–H groups in total. The fraction of sp³-hybridized carbons (Fsp3) is 0.388. The molecule has 6 rings (SSSR count). The third-order valence-corrected chi connectivity index (χ3v) is 11.2. The predicted molar refractivity (Wildman–Crippen MR) is 245 cm³/mol. The number of ether oxygens (including phenoxy) is 1. The molecule has 2 heterocycles. The van der Waals surface area contributed by atoms with Gasteiger partial charge in [0.25, 0.3) is 0 Å². The summed E-state index contributed by atoms with van der Waals surface area (Å²) in [6, 6.07) is 35.9. The van der Waals surface area contributed by atoms with Crippen molar-refractivity contribution in [2.24, 2.45) is 0 Å². The third-order valence-electron chi connectivity index (χ3n) is 11.0. The van der Waals surface area contributed by atoms with Gasteiger partial charge in [-0.15, -0.1) is 0 Å². The molecule has 0 fully saturated rings. The van der Waals surface area contributed by atoms with Crippen LogP contribution < -0.4 is 15.4 Å². The number of fused-ring (bicyclic) bond motifs is 2. The van der Waals surface area contributed by atoms with E-state index >= 15 is 0 Å². The van der Waals surface area contributed by atoms with Crippen molar-refractivity contribution < 1.29 is 4.74 Å². The van der Waals surface area contributed by atoms with Crippen LogP contribution in [0.15, 0.2) is 109 Å². The highest BCUT2D eigenvalue weighted by atomic mass is 35.5.